The number of ether oxygens (including phenoxy) is 1. The van der Waals surface area contributed by atoms with E-state index in [1.54, 1.807) is 43.0 Å². The summed E-state index contributed by atoms with van der Waals surface area (Å²) >= 11 is 0. The molecule has 0 spiro atoms. The molecule has 2 amide bonds. The molecule has 9 heteroatoms. The second kappa shape index (κ2) is 11.5. The molecule has 1 heterocycles. The SMILES string of the molecule is CC(C)NC(=O)CC(CC(F)(F)F)c1ccc(C(=O)c2ccc(C(=O)N3CCOCC3)cc2)cc1. The largest absolute Gasteiger partial charge is 0.389 e. The summed E-state index contributed by atoms with van der Waals surface area (Å²) in [4.78, 5) is 39.2. The Hall–Kier alpha value is -3.20. The average Bonchev–Trinajstić information content (AvgIpc) is 2.82. The molecule has 2 aromatic rings. The number of hydrogen-bond acceptors (Lipinski definition) is 4. The highest BCUT2D eigenvalue weighted by molar-refractivity contribution is 6.09. The summed E-state index contributed by atoms with van der Waals surface area (Å²) in [7, 11) is 0. The van der Waals surface area contributed by atoms with Crippen LogP contribution in [0.5, 0.6) is 0 Å². The van der Waals surface area contributed by atoms with Gasteiger partial charge in [-0.05, 0) is 31.5 Å². The molecule has 1 aliphatic rings. The number of carbonyl (C=O) groups is 3. The number of carbonyl (C=O) groups excluding carboxylic acids is 3. The number of halogens is 3. The zero-order valence-electron chi connectivity index (χ0n) is 19.7. The Morgan fingerprint density at radius 1 is 0.914 bits per heavy atom. The van der Waals surface area contributed by atoms with E-state index in [1.807, 2.05) is 0 Å². The third kappa shape index (κ3) is 7.65. The van der Waals surface area contributed by atoms with Crippen molar-refractivity contribution in [3.8, 4) is 0 Å². The van der Waals surface area contributed by atoms with Gasteiger partial charge in [-0.25, -0.2) is 0 Å². The van der Waals surface area contributed by atoms with Gasteiger partial charge in [0.05, 0.1) is 19.6 Å². The van der Waals surface area contributed by atoms with Crippen molar-refractivity contribution in [2.75, 3.05) is 26.3 Å². The number of amides is 2. The number of hydrogen-bond donors (Lipinski definition) is 1. The van der Waals surface area contributed by atoms with Gasteiger partial charge in [-0.15, -0.1) is 0 Å². The second-order valence-corrected chi connectivity index (χ2v) is 8.88. The van der Waals surface area contributed by atoms with Gasteiger partial charge >= 0.3 is 6.18 Å². The zero-order chi connectivity index (χ0) is 25.6. The fourth-order valence-corrected chi connectivity index (χ4v) is 3.98. The summed E-state index contributed by atoms with van der Waals surface area (Å²) in [6, 6.07) is 12.0. The van der Waals surface area contributed by atoms with Gasteiger partial charge in [-0.1, -0.05) is 36.4 Å². The summed E-state index contributed by atoms with van der Waals surface area (Å²) in [6.07, 6.45) is -5.87. The van der Waals surface area contributed by atoms with E-state index in [0.29, 0.717) is 48.6 Å². The Morgan fingerprint density at radius 3 is 1.94 bits per heavy atom. The Labute approximate surface area is 202 Å². The topological polar surface area (TPSA) is 75.7 Å². The van der Waals surface area contributed by atoms with Crippen molar-refractivity contribution < 1.29 is 32.3 Å². The van der Waals surface area contributed by atoms with Crippen LogP contribution in [0.15, 0.2) is 48.5 Å². The monoisotopic (exact) mass is 490 g/mol. The minimum Gasteiger partial charge on any atom is -0.378 e. The van der Waals surface area contributed by atoms with Gasteiger partial charge < -0.3 is 15.0 Å². The normalized spacial score (nSPS) is 15.1. The van der Waals surface area contributed by atoms with Crippen LogP contribution >= 0.6 is 0 Å². The minimum absolute atomic E-state index is 0.131. The van der Waals surface area contributed by atoms with Crippen LogP contribution in [0.1, 0.15) is 64.4 Å². The maximum absolute atomic E-state index is 13.1. The molecule has 3 rings (SSSR count). The van der Waals surface area contributed by atoms with Crippen LogP contribution in [0.25, 0.3) is 0 Å². The molecule has 0 aliphatic carbocycles. The molecular weight excluding hydrogens is 461 g/mol. The van der Waals surface area contributed by atoms with Gasteiger partial charge in [0, 0.05) is 48.2 Å². The zero-order valence-corrected chi connectivity index (χ0v) is 19.7. The van der Waals surface area contributed by atoms with Gasteiger partial charge in [-0.2, -0.15) is 13.2 Å². The van der Waals surface area contributed by atoms with Crippen LogP contribution < -0.4 is 5.32 Å². The molecule has 6 nitrogen and oxygen atoms in total. The Kier molecular flexibility index (Phi) is 8.67. The molecule has 0 saturated carbocycles. The molecule has 1 fully saturated rings. The minimum atomic E-state index is -4.43. The van der Waals surface area contributed by atoms with Crippen molar-refractivity contribution in [1.29, 1.82) is 0 Å². The molecule has 0 radical (unpaired) electrons. The van der Waals surface area contributed by atoms with Gasteiger partial charge in [0.1, 0.15) is 0 Å². The van der Waals surface area contributed by atoms with Crippen molar-refractivity contribution in [2.24, 2.45) is 0 Å². The summed E-state index contributed by atoms with van der Waals surface area (Å²) in [5.41, 5.74) is 1.47. The lowest BCUT2D eigenvalue weighted by atomic mass is 9.90. The predicted octanol–water partition coefficient (Wildman–Crippen LogP) is 4.34. The Morgan fingerprint density at radius 2 is 1.43 bits per heavy atom. The molecule has 188 valence electrons. The first-order valence-electron chi connectivity index (χ1n) is 11.5. The van der Waals surface area contributed by atoms with E-state index in [9.17, 15) is 27.6 Å². The summed E-state index contributed by atoms with van der Waals surface area (Å²) in [6.45, 7) is 5.49. The van der Waals surface area contributed by atoms with E-state index in [-0.39, 0.29) is 24.2 Å². The molecule has 35 heavy (non-hydrogen) atoms. The van der Waals surface area contributed by atoms with Crippen molar-refractivity contribution >= 4 is 17.6 Å². The summed E-state index contributed by atoms with van der Waals surface area (Å²) in [5, 5.41) is 2.62. The average molecular weight is 491 g/mol. The lowest BCUT2D eigenvalue weighted by Gasteiger charge is -2.26. The van der Waals surface area contributed by atoms with E-state index >= 15 is 0 Å². The molecule has 1 unspecified atom stereocenters. The molecule has 1 aliphatic heterocycles. The quantitative estimate of drug-likeness (QED) is 0.559. The number of rotatable bonds is 8. The summed E-state index contributed by atoms with van der Waals surface area (Å²) < 4.78 is 44.6. The first kappa shape index (κ1) is 26.4. The van der Waals surface area contributed by atoms with Crippen LogP contribution in [-0.4, -0.2) is 61.0 Å². The van der Waals surface area contributed by atoms with E-state index in [0.717, 1.165) is 0 Å². The van der Waals surface area contributed by atoms with Crippen molar-refractivity contribution in [3.63, 3.8) is 0 Å². The number of ketones is 1. The summed E-state index contributed by atoms with van der Waals surface area (Å²) in [5.74, 6) is -1.95. The fourth-order valence-electron chi connectivity index (χ4n) is 3.98. The van der Waals surface area contributed by atoms with Crippen LogP contribution in [0.3, 0.4) is 0 Å². The maximum Gasteiger partial charge on any atom is 0.389 e. The van der Waals surface area contributed by atoms with Crippen LogP contribution in [-0.2, 0) is 9.53 Å². The third-order valence-electron chi connectivity index (χ3n) is 5.70. The van der Waals surface area contributed by atoms with Gasteiger partial charge in [-0.3, -0.25) is 14.4 Å². The van der Waals surface area contributed by atoms with Crippen molar-refractivity contribution in [3.05, 3.63) is 70.8 Å². The van der Waals surface area contributed by atoms with Crippen LogP contribution in [0.2, 0.25) is 0 Å². The lowest BCUT2D eigenvalue weighted by Crippen LogP contribution is -2.40. The number of morpholine rings is 1. The highest BCUT2D eigenvalue weighted by Crippen LogP contribution is 2.34. The maximum atomic E-state index is 13.1. The number of alkyl halides is 3. The number of benzene rings is 2. The molecule has 0 aromatic heterocycles. The highest BCUT2D eigenvalue weighted by Gasteiger charge is 2.33. The van der Waals surface area contributed by atoms with E-state index in [2.05, 4.69) is 5.32 Å². The van der Waals surface area contributed by atoms with Gasteiger partial charge in [0.25, 0.3) is 5.91 Å². The van der Waals surface area contributed by atoms with E-state index in [4.69, 9.17) is 4.74 Å². The molecule has 1 atom stereocenters. The first-order valence-corrected chi connectivity index (χ1v) is 11.5. The molecule has 0 bridgehead atoms. The lowest BCUT2D eigenvalue weighted by molar-refractivity contribution is -0.141. The fraction of sp³-hybridized carbons (Fsp3) is 0.423. The predicted molar refractivity (Wildman–Crippen MR) is 124 cm³/mol. The number of nitrogens with one attached hydrogen (secondary N) is 1. The van der Waals surface area contributed by atoms with E-state index < -0.39 is 24.4 Å². The molecule has 2 aromatic carbocycles. The standard InChI is InChI=1S/C26H29F3N2O4/c1-17(2)30-23(32)15-22(16-26(27,28)29)18-3-5-19(6-4-18)24(33)20-7-9-21(10-8-20)25(34)31-11-13-35-14-12-31/h3-10,17,22H,11-16H2,1-2H3,(H,30,32). The Bertz CT molecular complexity index is 1030. The third-order valence-corrected chi connectivity index (χ3v) is 5.70. The highest BCUT2D eigenvalue weighted by atomic mass is 19.4. The second-order valence-electron chi connectivity index (χ2n) is 8.88. The van der Waals surface area contributed by atoms with E-state index in [1.165, 1.54) is 24.3 Å². The van der Waals surface area contributed by atoms with Crippen molar-refractivity contribution in [1.82, 2.24) is 10.2 Å². The smallest absolute Gasteiger partial charge is 0.378 e. The number of nitrogens with zero attached hydrogens (tertiary/aromatic N) is 1. The van der Waals surface area contributed by atoms with Crippen LogP contribution in [0, 0.1) is 0 Å². The van der Waals surface area contributed by atoms with Gasteiger partial charge in [0.2, 0.25) is 5.91 Å². The molecular formula is C26H29F3N2O4. The van der Waals surface area contributed by atoms with Crippen molar-refractivity contribution in [2.45, 2.75) is 44.8 Å². The first-order chi connectivity index (χ1) is 16.5. The van der Waals surface area contributed by atoms with Gasteiger partial charge in [0.15, 0.2) is 5.78 Å². The Balaban J connectivity index is 1.71. The van der Waals surface area contributed by atoms with Crippen LogP contribution in [0.4, 0.5) is 13.2 Å². The molecule has 1 N–H and O–H groups in total. The molecule has 1 saturated heterocycles.